The standard InChI is InChI=1S/C4H9ClSi.H4Si/c1-4-6(2,3)5;/h4H,1H2,2-3H3;1H4. The first-order valence-electron chi connectivity index (χ1n) is 1.89. The highest BCUT2D eigenvalue weighted by Gasteiger charge is 2.08. The van der Waals surface area contributed by atoms with Crippen molar-refractivity contribution in [1.82, 2.24) is 0 Å². The Balaban J connectivity index is 0. The molecule has 0 aliphatic rings. The molecule has 7 heavy (non-hydrogen) atoms. The van der Waals surface area contributed by atoms with E-state index in [0.717, 1.165) is 0 Å². The van der Waals surface area contributed by atoms with Gasteiger partial charge in [0.2, 0.25) is 0 Å². The molecule has 0 nitrogen and oxygen atoms in total. The average molecular weight is 153 g/mol. The van der Waals surface area contributed by atoms with E-state index < -0.39 is 7.38 Å². The maximum atomic E-state index is 5.74. The maximum Gasteiger partial charge on any atom is 0.173 e. The minimum absolute atomic E-state index is 0. The summed E-state index contributed by atoms with van der Waals surface area (Å²) in [6.45, 7) is 7.62. The minimum atomic E-state index is -1.40. The molecule has 0 atom stereocenters. The van der Waals surface area contributed by atoms with Crippen molar-refractivity contribution in [3.8, 4) is 0 Å². The zero-order valence-corrected chi connectivity index (χ0v) is 5.92. The van der Waals surface area contributed by atoms with Crippen molar-refractivity contribution in [1.29, 1.82) is 0 Å². The van der Waals surface area contributed by atoms with Gasteiger partial charge in [0.25, 0.3) is 0 Å². The summed E-state index contributed by atoms with van der Waals surface area (Å²) in [7, 11) is -1.40. The van der Waals surface area contributed by atoms with Gasteiger partial charge < -0.3 is 0 Å². The van der Waals surface area contributed by atoms with Gasteiger partial charge in [0.1, 0.15) is 0 Å². The minimum Gasteiger partial charge on any atom is -0.162 e. The van der Waals surface area contributed by atoms with Crippen LogP contribution in [0.5, 0.6) is 0 Å². The maximum absolute atomic E-state index is 5.74. The first-order chi connectivity index (χ1) is 2.56. The molecule has 0 aromatic heterocycles. The van der Waals surface area contributed by atoms with E-state index in [0.29, 0.717) is 0 Å². The van der Waals surface area contributed by atoms with Crippen molar-refractivity contribution in [3.63, 3.8) is 0 Å². The quantitative estimate of drug-likeness (QED) is 0.384. The second-order valence-electron chi connectivity index (χ2n) is 1.77. The van der Waals surface area contributed by atoms with Crippen LogP contribution in [0, 0.1) is 0 Å². The van der Waals surface area contributed by atoms with Crippen molar-refractivity contribution in [2.45, 2.75) is 13.1 Å². The molecule has 0 radical (unpaired) electrons. The number of rotatable bonds is 1. The van der Waals surface area contributed by atoms with Gasteiger partial charge in [-0.1, -0.05) is 18.8 Å². The summed E-state index contributed by atoms with van der Waals surface area (Å²) in [6.07, 6.45) is 0. The monoisotopic (exact) mass is 152 g/mol. The zero-order valence-electron chi connectivity index (χ0n) is 4.16. The fourth-order valence-corrected chi connectivity index (χ4v) is 0. The number of hydrogen-bond acceptors (Lipinski definition) is 0. The third-order valence-corrected chi connectivity index (χ3v) is 1.92. The van der Waals surface area contributed by atoms with Gasteiger partial charge >= 0.3 is 0 Å². The summed E-state index contributed by atoms with van der Waals surface area (Å²) in [6, 6.07) is 0. The molecule has 0 saturated heterocycles. The summed E-state index contributed by atoms with van der Waals surface area (Å²) < 4.78 is 0. The van der Waals surface area contributed by atoms with E-state index in [1.54, 1.807) is 0 Å². The van der Waals surface area contributed by atoms with Crippen molar-refractivity contribution in [3.05, 3.63) is 12.3 Å². The lowest BCUT2D eigenvalue weighted by atomic mass is 11.3. The highest BCUT2D eigenvalue weighted by Crippen LogP contribution is 2.06. The molecule has 0 rings (SSSR count). The van der Waals surface area contributed by atoms with Crippen LogP contribution >= 0.6 is 11.1 Å². The Bertz CT molecular complexity index is 55.2. The molecule has 0 saturated carbocycles. The summed E-state index contributed by atoms with van der Waals surface area (Å²) >= 11 is 5.74. The van der Waals surface area contributed by atoms with Crippen molar-refractivity contribution in [2.24, 2.45) is 0 Å². The van der Waals surface area contributed by atoms with Gasteiger partial charge in [0, 0.05) is 0 Å². The summed E-state index contributed by atoms with van der Waals surface area (Å²) in [5.41, 5.74) is 1.84. The van der Waals surface area contributed by atoms with Gasteiger partial charge in [0.05, 0.1) is 0 Å². The molecule has 0 N–H and O–H groups in total. The van der Waals surface area contributed by atoms with Gasteiger partial charge in [-0.25, -0.2) is 0 Å². The van der Waals surface area contributed by atoms with E-state index >= 15 is 0 Å². The third-order valence-electron chi connectivity index (χ3n) is 0.485. The van der Waals surface area contributed by atoms with Gasteiger partial charge in [-0.05, 0) is 11.0 Å². The molecule has 0 unspecified atom stereocenters. The topological polar surface area (TPSA) is 0 Å². The second-order valence-corrected chi connectivity index (χ2v) is 8.23. The van der Waals surface area contributed by atoms with Gasteiger partial charge in [-0.15, -0.1) is 6.58 Å². The fraction of sp³-hybridized carbons (Fsp3) is 0.500. The fourth-order valence-electron chi connectivity index (χ4n) is 0. The van der Waals surface area contributed by atoms with Gasteiger partial charge in [0.15, 0.2) is 7.38 Å². The molecule has 0 heterocycles. The van der Waals surface area contributed by atoms with Crippen LogP contribution < -0.4 is 0 Å². The molecule has 0 spiro atoms. The normalized spacial score (nSPS) is 9.57. The molecule has 0 amide bonds. The van der Waals surface area contributed by atoms with E-state index in [1.807, 2.05) is 18.8 Å². The van der Waals surface area contributed by atoms with Gasteiger partial charge in [-0.2, -0.15) is 11.1 Å². The summed E-state index contributed by atoms with van der Waals surface area (Å²) in [5.74, 6) is 0. The highest BCUT2D eigenvalue weighted by atomic mass is 35.6. The van der Waals surface area contributed by atoms with Crippen LogP contribution in [-0.4, -0.2) is 18.3 Å². The van der Waals surface area contributed by atoms with Gasteiger partial charge in [-0.3, -0.25) is 0 Å². The lowest BCUT2D eigenvalue weighted by Gasteiger charge is -2.00. The van der Waals surface area contributed by atoms with Crippen molar-refractivity contribution >= 4 is 29.4 Å². The third kappa shape index (κ3) is 10.7. The molecular weight excluding hydrogens is 140 g/mol. The molecule has 3 heteroatoms. The molecule has 0 aliphatic carbocycles. The Morgan fingerprint density at radius 2 is 1.71 bits per heavy atom. The van der Waals surface area contributed by atoms with E-state index in [2.05, 4.69) is 6.58 Å². The molecule has 0 aliphatic heterocycles. The van der Waals surface area contributed by atoms with Crippen LogP contribution in [0.4, 0.5) is 0 Å². The average Bonchev–Trinajstić information content (AvgIpc) is 1.35. The van der Waals surface area contributed by atoms with Crippen molar-refractivity contribution < 1.29 is 0 Å². The Morgan fingerprint density at radius 1 is 1.57 bits per heavy atom. The lowest BCUT2D eigenvalue weighted by molar-refractivity contribution is 1.96. The number of halogens is 1. The Hall–Kier alpha value is 0.464. The van der Waals surface area contributed by atoms with Crippen molar-refractivity contribution in [2.75, 3.05) is 0 Å². The van der Waals surface area contributed by atoms with Crippen LogP contribution in [0.3, 0.4) is 0 Å². The van der Waals surface area contributed by atoms with Crippen LogP contribution in [0.2, 0.25) is 13.1 Å². The van der Waals surface area contributed by atoms with E-state index in [9.17, 15) is 0 Å². The molecule has 0 aromatic carbocycles. The Morgan fingerprint density at radius 3 is 1.71 bits per heavy atom. The van der Waals surface area contributed by atoms with Crippen LogP contribution in [0.25, 0.3) is 0 Å². The molecular formula is C4H13ClSi2. The van der Waals surface area contributed by atoms with E-state index in [-0.39, 0.29) is 11.0 Å². The highest BCUT2D eigenvalue weighted by molar-refractivity contribution is 7.21. The first kappa shape index (κ1) is 10.4. The van der Waals surface area contributed by atoms with Crippen LogP contribution in [-0.2, 0) is 0 Å². The number of hydrogen-bond donors (Lipinski definition) is 0. The molecule has 0 aromatic rings. The summed E-state index contributed by atoms with van der Waals surface area (Å²) in [5, 5.41) is 0. The molecule has 0 bridgehead atoms. The summed E-state index contributed by atoms with van der Waals surface area (Å²) in [4.78, 5) is 0. The second kappa shape index (κ2) is 3.46. The van der Waals surface area contributed by atoms with E-state index in [1.165, 1.54) is 0 Å². The SMILES string of the molecule is C=C[Si](C)(C)Cl.[SiH4]. The Labute approximate surface area is 55.3 Å². The van der Waals surface area contributed by atoms with E-state index in [4.69, 9.17) is 11.1 Å². The first-order valence-corrected chi connectivity index (χ1v) is 5.98. The van der Waals surface area contributed by atoms with Crippen LogP contribution in [0.1, 0.15) is 0 Å². The predicted octanol–water partition coefficient (Wildman–Crippen LogP) is 0.704. The zero-order chi connectivity index (χ0) is 5.21. The lowest BCUT2D eigenvalue weighted by Crippen LogP contribution is -2.10. The molecule has 0 fully saturated rings. The van der Waals surface area contributed by atoms with Crippen LogP contribution in [0.15, 0.2) is 12.3 Å². The smallest absolute Gasteiger partial charge is 0.162 e. The Kier molecular flexibility index (Phi) is 5.17. The largest absolute Gasteiger partial charge is 0.173 e. The predicted molar refractivity (Wildman–Crippen MR) is 44.9 cm³/mol. The molecule has 44 valence electrons.